The van der Waals surface area contributed by atoms with Gasteiger partial charge in [0.1, 0.15) is 0 Å². The summed E-state index contributed by atoms with van der Waals surface area (Å²) < 4.78 is 4.43. The largest absolute Gasteiger partial charge is 0.453 e. The highest BCUT2D eigenvalue weighted by Crippen LogP contribution is 2.12. The van der Waals surface area contributed by atoms with Crippen LogP contribution in [0.4, 0.5) is 10.5 Å². The Kier molecular flexibility index (Phi) is 3.49. The number of oxime groups is 1. The molecule has 1 aromatic carbocycles. The van der Waals surface area contributed by atoms with Gasteiger partial charge in [-0.25, -0.2) is 4.79 Å². The van der Waals surface area contributed by atoms with Crippen molar-refractivity contribution in [2.75, 3.05) is 12.4 Å². The maximum atomic E-state index is 10.9. The lowest BCUT2D eigenvalue weighted by atomic mass is 10.2. The van der Waals surface area contributed by atoms with Crippen LogP contribution in [0.2, 0.25) is 0 Å². The number of carbonyl (C=O) groups is 1. The van der Waals surface area contributed by atoms with Gasteiger partial charge in [-0.15, -0.1) is 0 Å². The molecule has 14 heavy (non-hydrogen) atoms. The van der Waals surface area contributed by atoms with Crippen LogP contribution in [-0.2, 0) is 4.74 Å². The van der Waals surface area contributed by atoms with E-state index in [1.54, 1.807) is 24.3 Å². The van der Waals surface area contributed by atoms with E-state index in [1.807, 2.05) is 0 Å². The van der Waals surface area contributed by atoms with Crippen LogP contribution in [0.5, 0.6) is 0 Å². The van der Waals surface area contributed by atoms with Crippen molar-refractivity contribution in [3.05, 3.63) is 29.8 Å². The van der Waals surface area contributed by atoms with Crippen molar-refractivity contribution in [3.8, 4) is 0 Å². The summed E-state index contributed by atoms with van der Waals surface area (Å²) in [5.41, 5.74) is 1.12. The molecule has 0 heterocycles. The predicted octanol–water partition coefficient (Wildman–Crippen LogP) is 1.67. The standard InChI is InChI=1S/C9H10N2O3/c1-14-9(12)11-8-5-3-2-4-7(8)6-10-13/h2-6,13H,1H3,(H,11,12)/b10-6+. The average Bonchev–Trinajstić information content (AvgIpc) is 2.21. The molecule has 0 aliphatic heterocycles. The van der Waals surface area contributed by atoms with Gasteiger partial charge < -0.3 is 9.94 Å². The smallest absolute Gasteiger partial charge is 0.411 e. The number of para-hydroxylation sites is 1. The van der Waals surface area contributed by atoms with Crippen LogP contribution < -0.4 is 5.32 Å². The second kappa shape index (κ2) is 4.86. The van der Waals surface area contributed by atoms with Crippen molar-refractivity contribution in [2.45, 2.75) is 0 Å². The van der Waals surface area contributed by atoms with Crippen molar-refractivity contribution in [1.29, 1.82) is 0 Å². The van der Waals surface area contributed by atoms with E-state index in [9.17, 15) is 4.79 Å². The molecular weight excluding hydrogens is 184 g/mol. The Hall–Kier alpha value is -2.04. The zero-order valence-electron chi connectivity index (χ0n) is 7.60. The number of nitrogens with zero attached hydrogens (tertiary/aromatic N) is 1. The summed E-state index contributed by atoms with van der Waals surface area (Å²) in [6, 6.07) is 6.89. The average molecular weight is 194 g/mol. The fourth-order valence-electron chi connectivity index (χ4n) is 0.947. The molecule has 0 saturated heterocycles. The lowest BCUT2D eigenvalue weighted by Crippen LogP contribution is -2.12. The number of benzene rings is 1. The number of amides is 1. The molecule has 0 spiro atoms. The Labute approximate surface area is 81.0 Å². The summed E-state index contributed by atoms with van der Waals surface area (Å²) in [5, 5.41) is 13.7. The van der Waals surface area contributed by atoms with E-state index in [1.165, 1.54) is 13.3 Å². The lowest BCUT2D eigenvalue weighted by Gasteiger charge is -2.05. The van der Waals surface area contributed by atoms with Gasteiger partial charge >= 0.3 is 6.09 Å². The minimum atomic E-state index is -0.566. The van der Waals surface area contributed by atoms with E-state index in [0.717, 1.165) is 0 Å². The molecule has 0 aliphatic rings. The van der Waals surface area contributed by atoms with Crippen molar-refractivity contribution in [3.63, 3.8) is 0 Å². The van der Waals surface area contributed by atoms with Crippen LogP contribution in [-0.4, -0.2) is 24.6 Å². The SMILES string of the molecule is COC(=O)Nc1ccccc1/C=N/O. The summed E-state index contributed by atoms with van der Waals surface area (Å²) in [5.74, 6) is 0. The zero-order chi connectivity index (χ0) is 10.4. The maximum absolute atomic E-state index is 10.9. The maximum Gasteiger partial charge on any atom is 0.411 e. The van der Waals surface area contributed by atoms with E-state index in [-0.39, 0.29) is 0 Å². The monoisotopic (exact) mass is 194 g/mol. The summed E-state index contributed by atoms with van der Waals surface area (Å²) in [6.45, 7) is 0. The molecule has 0 fully saturated rings. The molecule has 1 amide bonds. The first kappa shape index (κ1) is 10.0. The van der Waals surface area contributed by atoms with Crippen molar-refractivity contribution < 1.29 is 14.7 Å². The molecular formula is C9H10N2O3. The molecule has 5 nitrogen and oxygen atoms in total. The number of hydrogen-bond acceptors (Lipinski definition) is 4. The van der Waals surface area contributed by atoms with Crippen molar-refractivity contribution in [2.24, 2.45) is 5.16 Å². The van der Waals surface area contributed by atoms with Gasteiger partial charge in [-0.2, -0.15) is 0 Å². The molecule has 74 valence electrons. The number of ether oxygens (including phenoxy) is 1. The minimum absolute atomic E-state index is 0.525. The highest BCUT2D eigenvalue weighted by molar-refractivity contribution is 5.94. The number of hydrogen-bond donors (Lipinski definition) is 2. The van der Waals surface area contributed by atoms with Crippen LogP contribution in [0, 0.1) is 0 Å². The predicted molar refractivity (Wildman–Crippen MR) is 51.9 cm³/mol. The van der Waals surface area contributed by atoms with E-state index < -0.39 is 6.09 Å². The lowest BCUT2D eigenvalue weighted by molar-refractivity contribution is 0.187. The molecule has 5 heteroatoms. The molecule has 0 unspecified atom stereocenters. The third-order valence-corrected chi connectivity index (χ3v) is 1.58. The van der Waals surface area contributed by atoms with Gasteiger partial charge in [0.25, 0.3) is 0 Å². The molecule has 0 radical (unpaired) electrons. The fraction of sp³-hybridized carbons (Fsp3) is 0.111. The Morgan fingerprint density at radius 3 is 2.93 bits per heavy atom. The van der Waals surface area contributed by atoms with E-state index in [4.69, 9.17) is 5.21 Å². The molecule has 1 aromatic rings. The van der Waals surface area contributed by atoms with Gasteiger partial charge in [0, 0.05) is 5.56 Å². The highest BCUT2D eigenvalue weighted by Gasteiger charge is 2.03. The Bertz CT molecular complexity index is 350. The number of anilines is 1. The van der Waals surface area contributed by atoms with Crippen LogP contribution in [0.3, 0.4) is 0 Å². The summed E-state index contributed by atoms with van der Waals surface area (Å²) in [6.07, 6.45) is 0.662. The van der Waals surface area contributed by atoms with Crippen LogP contribution >= 0.6 is 0 Å². The Morgan fingerprint density at radius 1 is 1.57 bits per heavy atom. The molecule has 0 aliphatic carbocycles. The summed E-state index contributed by atoms with van der Waals surface area (Å²) >= 11 is 0. The van der Waals surface area contributed by atoms with E-state index >= 15 is 0 Å². The first-order valence-corrected chi connectivity index (χ1v) is 3.89. The van der Waals surface area contributed by atoms with Crippen molar-refractivity contribution in [1.82, 2.24) is 0 Å². The van der Waals surface area contributed by atoms with Crippen LogP contribution in [0.25, 0.3) is 0 Å². The van der Waals surface area contributed by atoms with Crippen LogP contribution in [0.1, 0.15) is 5.56 Å². The first-order valence-electron chi connectivity index (χ1n) is 3.89. The molecule has 2 N–H and O–H groups in total. The fourth-order valence-corrected chi connectivity index (χ4v) is 0.947. The second-order valence-electron chi connectivity index (χ2n) is 2.45. The van der Waals surface area contributed by atoms with Gasteiger partial charge in [0.15, 0.2) is 0 Å². The third-order valence-electron chi connectivity index (χ3n) is 1.58. The molecule has 0 atom stereocenters. The third kappa shape index (κ3) is 2.48. The van der Waals surface area contributed by atoms with Gasteiger partial charge in [-0.3, -0.25) is 5.32 Å². The minimum Gasteiger partial charge on any atom is -0.453 e. The van der Waals surface area contributed by atoms with Gasteiger partial charge in [0.2, 0.25) is 0 Å². The van der Waals surface area contributed by atoms with Gasteiger partial charge in [0.05, 0.1) is 19.0 Å². The van der Waals surface area contributed by atoms with E-state index in [2.05, 4.69) is 15.2 Å². The normalized spacial score (nSPS) is 10.1. The van der Waals surface area contributed by atoms with Gasteiger partial charge in [-0.1, -0.05) is 23.4 Å². The second-order valence-corrected chi connectivity index (χ2v) is 2.45. The summed E-state index contributed by atoms with van der Waals surface area (Å²) in [4.78, 5) is 10.9. The molecule has 0 saturated carbocycles. The molecule has 1 rings (SSSR count). The van der Waals surface area contributed by atoms with Gasteiger partial charge in [-0.05, 0) is 6.07 Å². The highest BCUT2D eigenvalue weighted by atomic mass is 16.5. The topological polar surface area (TPSA) is 70.9 Å². The number of carbonyl (C=O) groups excluding carboxylic acids is 1. The quantitative estimate of drug-likeness (QED) is 0.427. The van der Waals surface area contributed by atoms with Crippen LogP contribution in [0.15, 0.2) is 29.4 Å². The Morgan fingerprint density at radius 2 is 2.29 bits per heavy atom. The number of methoxy groups -OCH3 is 1. The van der Waals surface area contributed by atoms with E-state index in [0.29, 0.717) is 11.3 Å². The number of nitrogens with one attached hydrogen (secondary N) is 1. The molecule has 0 bridgehead atoms. The number of rotatable bonds is 2. The Balaban J connectivity index is 2.89. The first-order chi connectivity index (χ1) is 6.77. The summed E-state index contributed by atoms with van der Waals surface area (Å²) in [7, 11) is 1.28. The molecule has 0 aromatic heterocycles. The zero-order valence-corrected chi connectivity index (χ0v) is 7.60. The van der Waals surface area contributed by atoms with Crippen molar-refractivity contribution >= 4 is 18.0 Å².